The molecule has 2 heteroatoms. The van der Waals surface area contributed by atoms with E-state index < -0.39 is 0 Å². The highest BCUT2D eigenvalue weighted by molar-refractivity contribution is 4.52. The van der Waals surface area contributed by atoms with Gasteiger partial charge in [0.2, 0.25) is 0 Å². The lowest BCUT2D eigenvalue weighted by Crippen LogP contribution is -2.53. The van der Waals surface area contributed by atoms with Crippen LogP contribution in [0.2, 0.25) is 0 Å². The van der Waals surface area contributed by atoms with Gasteiger partial charge in [0.15, 0.2) is 0 Å². The molecule has 0 N–H and O–H groups in total. The van der Waals surface area contributed by atoms with Gasteiger partial charge < -0.3 is 4.48 Å². The van der Waals surface area contributed by atoms with Gasteiger partial charge in [0.05, 0.1) is 20.1 Å². The van der Waals surface area contributed by atoms with Crippen LogP contribution in [0.25, 0.3) is 0 Å². The second kappa shape index (κ2) is 5.61. The van der Waals surface area contributed by atoms with E-state index in [2.05, 4.69) is 53.7 Å². The summed E-state index contributed by atoms with van der Waals surface area (Å²) < 4.78 is 1.06. The number of hydrogen-bond acceptors (Lipinski definition) is 1. The van der Waals surface area contributed by atoms with E-state index in [0.717, 1.165) is 11.2 Å². The van der Waals surface area contributed by atoms with Crippen LogP contribution in [0.4, 0.5) is 0 Å². The Labute approximate surface area is 85.1 Å². The molecular formula is C11H29N2+. The van der Waals surface area contributed by atoms with Crippen LogP contribution in [0.5, 0.6) is 0 Å². The molecule has 0 saturated carbocycles. The topological polar surface area (TPSA) is 3.24 Å². The Kier molecular flexibility index (Phi) is 6.64. The molecular weight excluding hydrogens is 160 g/mol. The molecule has 82 valence electrons. The van der Waals surface area contributed by atoms with Crippen molar-refractivity contribution in [2.45, 2.75) is 47.2 Å². The summed E-state index contributed by atoms with van der Waals surface area (Å²) in [4.78, 5) is 2.39. The average Bonchev–Trinajstić information content (AvgIpc) is 1.85. The van der Waals surface area contributed by atoms with Crippen molar-refractivity contribution in [3.63, 3.8) is 0 Å². The lowest BCUT2D eigenvalue weighted by molar-refractivity contribution is -0.920. The van der Waals surface area contributed by atoms with Crippen LogP contribution in [0.15, 0.2) is 0 Å². The summed E-state index contributed by atoms with van der Waals surface area (Å²) in [6, 6.07) is 1.33. The fourth-order valence-electron chi connectivity index (χ4n) is 0.902. The molecule has 0 saturated heterocycles. The molecule has 0 radical (unpaired) electrons. The zero-order valence-electron chi connectivity index (χ0n) is 9.76. The first-order valence-electron chi connectivity index (χ1n) is 4.80. The summed E-state index contributed by atoms with van der Waals surface area (Å²) in [7, 11) is 6.75. The second-order valence-electron chi connectivity index (χ2n) is 4.86. The van der Waals surface area contributed by atoms with E-state index in [1.54, 1.807) is 0 Å². The van der Waals surface area contributed by atoms with Gasteiger partial charge in [-0.05, 0) is 34.7 Å². The van der Waals surface area contributed by atoms with E-state index in [1.807, 2.05) is 0 Å². The quantitative estimate of drug-likeness (QED) is 0.485. The van der Waals surface area contributed by atoms with Gasteiger partial charge in [0.1, 0.15) is 6.67 Å². The lowest BCUT2D eigenvalue weighted by Gasteiger charge is -2.38. The molecule has 0 unspecified atom stereocenters. The number of quaternary nitrogens is 1. The SMILES string of the molecule is C.CC(C)N(C)C[N+](C)(C)C(C)C. The van der Waals surface area contributed by atoms with Crippen LogP contribution in [0, 0.1) is 0 Å². The molecule has 0 spiro atoms. The molecule has 0 aromatic heterocycles. The molecule has 0 aliphatic rings. The Bertz CT molecular complexity index is 128. The van der Waals surface area contributed by atoms with Gasteiger partial charge in [0, 0.05) is 6.04 Å². The third kappa shape index (κ3) is 5.27. The molecule has 0 aromatic carbocycles. The molecule has 0 aromatic rings. The van der Waals surface area contributed by atoms with Gasteiger partial charge in [-0.15, -0.1) is 0 Å². The highest BCUT2D eigenvalue weighted by Crippen LogP contribution is 2.08. The summed E-state index contributed by atoms with van der Waals surface area (Å²) >= 11 is 0. The highest BCUT2D eigenvalue weighted by atomic mass is 15.4. The molecule has 0 heterocycles. The molecule has 0 bridgehead atoms. The van der Waals surface area contributed by atoms with Crippen LogP contribution in [0.1, 0.15) is 35.1 Å². The maximum atomic E-state index is 2.39. The second-order valence-corrected chi connectivity index (χ2v) is 4.86. The smallest absolute Gasteiger partial charge is 0.134 e. The Morgan fingerprint density at radius 2 is 1.46 bits per heavy atom. The van der Waals surface area contributed by atoms with E-state index in [1.165, 1.54) is 0 Å². The van der Waals surface area contributed by atoms with Crippen molar-refractivity contribution < 1.29 is 4.48 Å². The zero-order chi connectivity index (χ0) is 9.94. The van der Waals surface area contributed by atoms with Crippen LogP contribution >= 0.6 is 0 Å². The summed E-state index contributed by atoms with van der Waals surface area (Å²) in [5.74, 6) is 0. The van der Waals surface area contributed by atoms with E-state index in [4.69, 9.17) is 0 Å². The molecule has 13 heavy (non-hydrogen) atoms. The van der Waals surface area contributed by atoms with Crippen molar-refractivity contribution >= 4 is 0 Å². The van der Waals surface area contributed by atoms with Crippen molar-refractivity contribution in [2.75, 3.05) is 27.8 Å². The monoisotopic (exact) mass is 189 g/mol. The van der Waals surface area contributed by atoms with E-state index >= 15 is 0 Å². The van der Waals surface area contributed by atoms with E-state index in [-0.39, 0.29) is 7.43 Å². The fraction of sp³-hybridized carbons (Fsp3) is 1.00. The van der Waals surface area contributed by atoms with Gasteiger partial charge in [-0.3, -0.25) is 4.90 Å². The normalized spacial score (nSPS) is 12.5. The van der Waals surface area contributed by atoms with Crippen molar-refractivity contribution in [3.05, 3.63) is 0 Å². The van der Waals surface area contributed by atoms with Crippen molar-refractivity contribution in [2.24, 2.45) is 0 Å². The Balaban J connectivity index is 0. The fourth-order valence-corrected chi connectivity index (χ4v) is 0.902. The number of nitrogens with zero attached hydrogens (tertiary/aromatic N) is 2. The van der Waals surface area contributed by atoms with Gasteiger partial charge in [-0.2, -0.15) is 0 Å². The first kappa shape index (κ1) is 15.4. The number of hydrogen-bond donors (Lipinski definition) is 0. The summed E-state index contributed by atoms with van der Waals surface area (Å²) in [5.41, 5.74) is 0. The molecule has 0 atom stereocenters. The minimum absolute atomic E-state index is 0. The lowest BCUT2D eigenvalue weighted by atomic mass is 10.3. The minimum Gasteiger partial charge on any atom is -0.314 e. The average molecular weight is 189 g/mol. The Morgan fingerprint density at radius 1 is 1.08 bits per heavy atom. The minimum atomic E-state index is 0. The first-order valence-corrected chi connectivity index (χ1v) is 4.80. The van der Waals surface area contributed by atoms with Crippen LogP contribution in [-0.2, 0) is 0 Å². The first-order chi connectivity index (χ1) is 5.27. The van der Waals surface area contributed by atoms with Gasteiger partial charge >= 0.3 is 0 Å². The van der Waals surface area contributed by atoms with Crippen molar-refractivity contribution in [3.8, 4) is 0 Å². The molecule has 0 rings (SSSR count). The third-order valence-corrected chi connectivity index (χ3v) is 2.87. The Morgan fingerprint density at radius 3 is 1.69 bits per heavy atom. The molecule has 0 amide bonds. The summed E-state index contributed by atoms with van der Waals surface area (Å²) in [5, 5.41) is 0. The standard InChI is InChI=1S/C10H25N2.CH4/c1-9(2)11(5)8-12(6,7)10(3)4;/h9-10H,8H2,1-7H3;1H4/q+1;. The predicted molar refractivity (Wildman–Crippen MR) is 61.7 cm³/mol. The van der Waals surface area contributed by atoms with E-state index in [9.17, 15) is 0 Å². The zero-order valence-corrected chi connectivity index (χ0v) is 9.76. The van der Waals surface area contributed by atoms with Gasteiger partial charge in [-0.1, -0.05) is 7.43 Å². The summed E-state index contributed by atoms with van der Waals surface area (Å²) in [6.07, 6.45) is 0. The predicted octanol–water partition coefficient (Wildman–Crippen LogP) is 2.41. The molecule has 0 fully saturated rings. The molecule has 0 aliphatic heterocycles. The maximum absolute atomic E-state index is 2.39. The van der Waals surface area contributed by atoms with Crippen LogP contribution < -0.4 is 0 Å². The summed E-state index contributed by atoms with van der Waals surface area (Å²) in [6.45, 7) is 10.1. The van der Waals surface area contributed by atoms with Crippen molar-refractivity contribution in [1.29, 1.82) is 0 Å². The molecule has 2 nitrogen and oxygen atoms in total. The van der Waals surface area contributed by atoms with Crippen LogP contribution in [0.3, 0.4) is 0 Å². The maximum Gasteiger partial charge on any atom is 0.134 e. The van der Waals surface area contributed by atoms with Crippen molar-refractivity contribution in [1.82, 2.24) is 4.90 Å². The van der Waals surface area contributed by atoms with E-state index in [0.29, 0.717) is 12.1 Å². The van der Waals surface area contributed by atoms with Crippen LogP contribution in [-0.4, -0.2) is 49.3 Å². The largest absolute Gasteiger partial charge is 0.314 e. The molecule has 0 aliphatic carbocycles. The Hall–Kier alpha value is -0.0800. The number of rotatable bonds is 4. The third-order valence-electron chi connectivity index (χ3n) is 2.87. The van der Waals surface area contributed by atoms with Gasteiger partial charge in [0.25, 0.3) is 0 Å². The van der Waals surface area contributed by atoms with Gasteiger partial charge in [-0.25, -0.2) is 0 Å². The highest BCUT2D eigenvalue weighted by Gasteiger charge is 2.22.